The molecule has 1 aromatic rings. The predicted octanol–water partition coefficient (Wildman–Crippen LogP) is 2.59. The lowest BCUT2D eigenvalue weighted by atomic mass is 9.99. The highest BCUT2D eigenvalue weighted by Gasteiger charge is 2.21. The number of primary amides is 1. The van der Waals surface area contributed by atoms with E-state index in [1.165, 1.54) is 43.9 Å². The summed E-state index contributed by atoms with van der Waals surface area (Å²) in [5.74, 6) is -0.136. The van der Waals surface area contributed by atoms with Crippen LogP contribution in [0.4, 0.5) is 4.39 Å². The third-order valence-electron chi connectivity index (χ3n) is 4.05. The van der Waals surface area contributed by atoms with Gasteiger partial charge < -0.3 is 11.1 Å². The Morgan fingerprint density at radius 3 is 2.79 bits per heavy atom. The Labute approximate surface area is 113 Å². The van der Waals surface area contributed by atoms with Crippen LogP contribution in [0.15, 0.2) is 18.2 Å². The lowest BCUT2D eigenvalue weighted by Crippen LogP contribution is -2.32. The first-order chi connectivity index (χ1) is 9.08. The summed E-state index contributed by atoms with van der Waals surface area (Å²) in [5, 5.41) is 3.36. The number of halogens is 1. The van der Waals surface area contributed by atoms with E-state index in [4.69, 9.17) is 5.73 Å². The third kappa shape index (κ3) is 3.53. The standard InChI is InChI=1S/C15H21FN2O/c1-10(11-4-2-3-5-11)18-9-13-8-12(15(17)19)6-7-14(13)16/h6-8,10-11,18H,2-5,9H2,1H3,(H2,17,19)/t10-/m1/s1. The Morgan fingerprint density at radius 2 is 2.16 bits per heavy atom. The number of carbonyl (C=O) groups excluding carboxylic acids is 1. The van der Waals surface area contributed by atoms with Gasteiger partial charge in [0.1, 0.15) is 5.82 Å². The van der Waals surface area contributed by atoms with E-state index >= 15 is 0 Å². The molecule has 4 heteroatoms. The maximum Gasteiger partial charge on any atom is 0.248 e. The van der Waals surface area contributed by atoms with Crippen molar-refractivity contribution in [3.63, 3.8) is 0 Å². The van der Waals surface area contributed by atoms with E-state index in [1.807, 2.05) is 0 Å². The van der Waals surface area contributed by atoms with Crippen LogP contribution in [0, 0.1) is 11.7 Å². The number of rotatable bonds is 5. The molecular formula is C15H21FN2O. The summed E-state index contributed by atoms with van der Waals surface area (Å²) in [4.78, 5) is 11.1. The molecule has 1 amide bonds. The largest absolute Gasteiger partial charge is 0.366 e. The second-order valence-electron chi connectivity index (χ2n) is 5.38. The van der Waals surface area contributed by atoms with Gasteiger partial charge in [0.05, 0.1) is 0 Å². The fourth-order valence-electron chi connectivity index (χ4n) is 2.76. The van der Waals surface area contributed by atoms with Crippen LogP contribution in [-0.4, -0.2) is 11.9 Å². The number of nitrogens with one attached hydrogen (secondary N) is 1. The lowest BCUT2D eigenvalue weighted by Gasteiger charge is -2.20. The van der Waals surface area contributed by atoms with Gasteiger partial charge in [-0.3, -0.25) is 4.79 Å². The fraction of sp³-hybridized carbons (Fsp3) is 0.533. The molecular weight excluding hydrogens is 243 g/mol. The Morgan fingerprint density at radius 1 is 1.47 bits per heavy atom. The topological polar surface area (TPSA) is 55.1 Å². The van der Waals surface area contributed by atoms with Gasteiger partial charge in [0, 0.05) is 23.7 Å². The molecule has 2 rings (SSSR count). The number of hydrogen-bond donors (Lipinski definition) is 2. The number of hydrogen-bond acceptors (Lipinski definition) is 2. The summed E-state index contributed by atoms with van der Waals surface area (Å²) in [7, 11) is 0. The first-order valence-electron chi connectivity index (χ1n) is 6.89. The molecule has 104 valence electrons. The van der Waals surface area contributed by atoms with E-state index in [2.05, 4.69) is 12.2 Å². The van der Waals surface area contributed by atoms with Crippen molar-refractivity contribution in [1.82, 2.24) is 5.32 Å². The highest BCUT2D eigenvalue weighted by atomic mass is 19.1. The zero-order chi connectivity index (χ0) is 13.8. The molecule has 1 atom stereocenters. The molecule has 0 bridgehead atoms. The normalized spacial score (nSPS) is 17.6. The van der Waals surface area contributed by atoms with Gasteiger partial charge in [0.15, 0.2) is 0 Å². The Kier molecular flexibility index (Phi) is 4.53. The van der Waals surface area contributed by atoms with Crippen LogP contribution < -0.4 is 11.1 Å². The van der Waals surface area contributed by atoms with Crippen LogP contribution in [-0.2, 0) is 6.54 Å². The van der Waals surface area contributed by atoms with E-state index in [9.17, 15) is 9.18 Å². The molecule has 19 heavy (non-hydrogen) atoms. The van der Waals surface area contributed by atoms with E-state index in [-0.39, 0.29) is 5.82 Å². The maximum absolute atomic E-state index is 13.7. The van der Waals surface area contributed by atoms with Crippen molar-refractivity contribution < 1.29 is 9.18 Å². The first kappa shape index (κ1) is 14.0. The molecule has 3 N–H and O–H groups in total. The highest BCUT2D eigenvalue weighted by Crippen LogP contribution is 2.27. The van der Waals surface area contributed by atoms with Crippen molar-refractivity contribution in [1.29, 1.82) is 0 Å². The van der Waals surface area contributed by atoms with Crippen molar-refractivity contribution in [2.45, 2.75) is 45.2 Å². The monoisotopic (exact) mass is 264 g/mol. The summed E-state index contributed by atoms with van der Waals surface area (Å²) in [6.07, 6.45) is 5.08. The zero-order valence-electron chi connectivity index (χ0n) is 11.3. The SMILES string of the molecule is C[C@@H](NCc1cc(C(N)=O)ccc1F)C1CCCC1. The molecule has 1 aliphatic rings. The van der Waals surface area contributed by atoms with Crippen LogP contribution >= 0.6 is 0 Å². The summed E-state index contributed by atoms with van der Waals surface area (Å²) in [6, 6.07) is 4.63. The summed E-state index contributed by atoms with van der Waals surface area (Å²) >= 11 is 0. The quantitative estimate of drug-likeness (QED) is 0.859. The molecule has 1 fully saturated rings. The molecule has 1 aliphatic carbocycles. The summed E-state index contributed by atoms with van der Waals surface area (Å²) in [5.41, 5.74) is 6.06. The van der Waals surface area contributed by atoms with Crippen LogP contribution in [0.3, 0.4) is 0 Å². The molecule has 1 aromatic carbocycles. The van der Waals surface area contributed by atoms with Crippen molar-refractivity contribution in [2.24, 2.45) is 11.7 Å². The fourth-order valence-corrected chi connectivity index (χ4v) is 2.76. The van der Waals surface area contributed by atoms with Gasteiger partial charge in [-0.2, -0.15) is 0 Å². The van der Waals surface area contributed by atoms with E-state index < -0.39 is 5.91 Å². The van der Waals surface area contributed by atoms with Crippen LogP contribution in [0.25, 0.3) is 0 Å². The van der Waals surface area contributed by atoms with E-state index in [1.54, 1.807) is 0 Å². The molecule has 0 aromatic heterocycles. The minimum absolute atomic E-state index is 0.295. The molecule has 1 saturated carbocycles. The maximum atomic E-state index is 13.7. The second kappa shape index (κ2) is 6.15. The zero-order valence-corrected chi connectivity index (χ0v) is 11.3. The number of nitrogens with two attached hydrogens (primary N) is 1. The van der Waals surface area contributed by atoms with Gasteiger partial charge in [0.25, 0.3) is 0 Å². The number of carbonyl (C=O) groups is 1. The Bertz CT molecular complexity index is 455. The molecule has 3 nitrogen and oxygen atoms in total. The lowest BCUT2D eigenvalue weighted by molar-refractivity contribution is 0.1000. The van der Waals surface area contributed by atoms with Crippen molar-refractivity contribution in [2.75, 3.05) is 0 Å². The molecule has 0 aliphatic heterocycles. The molecule has 0 heterocycles. The predicted molar refractivity (Wildman–Crippen MR) is 73.2 cm³/mol. The smallest absolute Gasteiger partial charge is 0.248 e. The van der Waals surface area contributed by atoms with Crippen molar-refractivity contribution >= 4 is 5.91 Å². The summed E-state index contributed by atoms with van der Waals surface area (Å²) in [6.45, 7) is 2.58. The average Bonchev–Trinajstić information content (AvgIpc) is 2.91. The van der Waals surface area contributed by atoms with Crippen LogP contribution in [0.2, 0.25) is 0 Å². The van der Waals surface area contributed by atoms with Crippen LogP contribution in [0.5, 0.6) is 0 Å². The molecule has 0 radical (unpaired) electrons. The molecule has 0 saturated heterocycles. The highest BCUT2D eigenvalue weighted by molar-refractivity contribution is 5.92. The van der Waals surface area contributed by atoms with Gasteiger partial charge in [-0.15, -0.1) is 0 Å². The van der Waals surface area contributed by atoms with Gasteiger partial charge in [-0.25, -0.2) is 4.39 Å². The first-order valence-corrected chi connectivity index (χ1v) is 6.89. The second-order valence-corrected chi connectivity index (χ2v) is 5.38. The Balaban J connectivity index is 1.98. The molecule has 0 spiro atoms. The van der Waals surface area contributed by atoms with Gasteiger partial charge in [0.2, 0.25) is 5.91 Å². The van der Waals surface area contributed by atoms with E-state index in [0.717, 1.165) is 0 Å². The van der Waals surface area contributed by atoms with Crippen molar-refractivity contribution in [3.05, 3.63) is 35.1 Å². The third-order valence-corrected chi connectivity index (χ3v) is 4.05. The van der Waals surface area contributed by atoms with E-state index in [0.29, 0.717) is 29.6 Å². The Hall–Kier alpha value is -1.42. The van der Waals surface area contributed by atoms with Crippen molar-refractivity contribution in [3.8, 4) is 0 Å². The molecule has 0 unspecified atom stereocenters. The minimum Gasteiger partial charge on any atom is -0.366 e. The van der Waals surface area contributed by atoms with Gasteiger partial charge in [-0.1, -0.05) is 12.8 Å². The number of benzene rings is 1. The number of amides is 1. The summed E-state index contributed by atoms with van der Waals surface area (Å²) < 4.78 is 13.7. The van der Waals surface area contributed by atoms with Gasteiger partial charge >= 0.3 is 0 Å². The van der Waals surface area contributed by atoms with Gasteiger partial charge in [-0.05, 0) is 43.9 Å². The van der Waals surface area contributed by atoms with Crippen LogP contribution in [0.1, 0.15) is 48.5 Å². The minimum atomic E-state index is -0.523. The average molecular weight is 264 g/mol.